The molecule has 0 saturated heterocycles. The van der Waals surface area contributed by atoms with Crippen LogP contribution >= 0.6 is 0 Å². The molecule has 1 rings (SSSR count). The molecule has 0 bridgehead atoms. The molecular weight excluding hydrogens is 202 g/mol. The molecule has 2 N–H and O–H groups in total. The molecule has 0 fully saturated rings. The summed E-state index contributed by atoms with van der Waals surface area (Å²) in [7, 11) is 4.09. The molecule has 0 aliphatic heterocycles. The summed E-state index contributed by atoms with van der Waals surface area (Å²) >= 11 is 0. The Balaban J connectivity index is 2.42. The highest BCUT2D eigenvalue weighted by molar-refractivity contribution is 5.88. The molecule has 0 spiro atoms. The van der Waals surface area contributed by atoms with Gasteiger partial charge in [-0.2, -0.15) is 0 Å². The minimum atomic E-state index is -0.0479. The number of benzene rings is 1. The molecule has 0 radical (unpaired) electrons. The predicted octanol–water partition coefficient (Wildman–Crippen LogP) is 1.62. The van der Waals surface area contributed by atoms with Gasteiger partial charge >= 0.3 is 0 Å². The number of amides is 1. The number of nitrogens with one attached hydrogen (secondary N) is 2. The summed E-state index contributed by atoms with van der Waals surface area (Å²) < 4.78 is 0. The van der Waals surface area contributed by atoms with E-state index >= 15 is 0 Å². The average molecular weight is 221 g/mol. The number of carbonyl (C=O) groups is 1. The molecule has 0 aromatic heterocycles. The van der Waals surface area contributed by atoms with Crippen LogP contribution in [0, 0.1) is 0 Å². The molecule has 4 heteroatoms. The first-order valence-corrected chi connectivity index (χ1v) is 5.34. The number of carbonyl (C=O) groups excluding carboxylic acids is 1. The summed E-state index contributed by atoms with van der Waals surface area (Å²) in [6.45, 7) is 3.41. The van der Waals surface area contributed by atoms with Crippen LogP contribution in [0.1, 0.15) is 6.92 Å². The second kappa shape index (κ2) is 6.12. The highest BCUT2D eigenvalue weighted by atomic mass is 16.1. The first kappa shape index (κ1) is 12.5. The minimum absolute atomic E-state index is 0.0479. The third kappa shape index (κ3) is 4.79. The maximum absolute atomic E-state index is 10.8. The van der Waals surface area contributed by atoms with Crippen molar-refractivity contribution in [1.29, 1.82) is 0 Å². The van der Waals surface area contributed by atoms with E-state index < -0.39 is 0 Å². The van der Waals surface area contributed by atoms with E-state index in [1.54, 1.807) is 0 Å². The van der Waals surface area contributed by atoms with Gasteiger partial charge < -0.3 is 15.5 Å². The molecule has 0 aliphatic rings. The molecule has 16 heavy (non-hydrogen) atoms. The first-order chi connectivity index (χ1) is 7.58. The van der Waals surface area contributed by atoms with Gasteiger partial charge in [-0.3, -0.25) is 4.79 Å². The Morgan fingerprint density at radius 1 is 1.19 bits per heavy atom. The Kier molecular flexibility index (Phi) is 4.79. The van der Waals surface area contributed by atoms with Crippen molar-refractivity contribution in [3.05, 3.63) is 24.3 Å². The SMILES string of the molecule is CC(=O)Nc1ccc(NCCN(C)C)cc1. The van der Waals surface area contributed by atoms with Crippen LogP contribution in [-0.2, 0) is 4.79 Å². The lowest BCUT2D eigenvalue weighted by molar-refractivity contribution is -0.114. The summed E-state index contributed by atoms with van der Waals surface area (Å²) in [5.74, 6) is -0.0479. The van der Waals surface area contributed by atoms with Crippen LogP contribution in [0.25, 0.3) is 0 Å². The number of hydrogen-bond acceptors (Lipinski definition) is 3. The van der Waals surface area contributed by atoms with Crippen molar-refractivity contribution in [1.82, 2.24) is 4.90 Å². The number of anilines is 2. The molecule has 0 unspecified atom stereocenters. The van der Waals surface area contributed by atoms with Crippen LogP contribution in [0.2, 0.25) is 0 Å². The lowest BCUT2D eigenvalue weighted by Crippen LogP contribution is -2.20. The molecule has 0 heterocycles. The quantitative estimate of drug-likeness (QED) is 0.794. The number of likely N-dealkylation sites (N-methyl/N-ethyl adjacent to an activating group) is 1. The Morgan fingerprint density at radius 3 is 2.25 bits per heavy atom. The number of nitrogens with zero attached hydrogens (tertiary/aromatic N) is 1. The van der Waals surface area contributed by atoms with Crippen LogP contribution in [0.3, 0.4) is 0 Å². The molecule has 0 atom stereocenters. The second-order valence-electron chi connectivity index (χ2n) is 3.99. The van der Waals surface area contributed by atoms with Crippen LogP contribution in [-0.4, -0.2) is 38.0 Å². The van der Waals surface area contributed by atoms with Crippen molar-refractivity contribution in [2.75, 3.05) is 37.8 Å². The normalized spacial score (nSPS) is 10.2. The molecular formula is C12H19N3O. The molecule has 4 nitrogen and oxygen atoms in total. The molecule has 0 aliphatic carbocycles. The van der Waals surface area contributed by atoms with E-state index in [1.165, 1.54) is 6.92 Å². The summed E-state index contributed by atoms with van der Waals surface area (Å²) in [5, 5.41) is 6.03. The van der Waals surface area contributed by atoms with Gasteiger partial charge in [-0.1, -0.05) is 0 Å². The highest BCUT2D eigenvalue weighted by Gasteiger charge is 1.96. The highest BCUT2D eigenvalue weighted by Crippen LogP contribution is 2.12. The Hall–Kier alpha value is -1.55. The molecule has 0 saturated carbocycles. The zero-order chi connectivity index (χ0) is 12.0. The van der Waals surface area contributed by atoms with E-state index in [9.17, 15) is 4.79 Å². The fourth-order valence-electron chi connectivity index (χ4n) is 1.30. The molecule has 88 valence electrons. The monoisotopic (exact) mass is 221 g/mol. The summed E-state index contributed by atoms with van der Waals surface area (Å²) in [4.78, 5) is 12.9. The average Bonchev–Trinajstić information content (AvgIpc) is 2.19. The zero-order valence-corrected chi connectivity index (χ0v) is 10.1. The van der Waals surface area contributed by atoms with E-state index in [2.05, 4.69) is 15.5 Å². The maximum Gasteiger partial charge on any atom is 0.221 e. The van der Waals surface area contributed by atoms with Gasteiger partial charge in [-0.25, -0.2) is 0 Å². The Labute approximate surface area is 96.6 Å². The topological polar surface area (TPSA) is 44.4 Å². The summed E-state index contributed by atoms with van der Waals surface area (Å²) in [5.41, 5.74) is 1.89. The van der Waals surface area contributed by atoms with E-state index in [4.69, 9.17) is 0 Å². The van der Waals surface area contributed by atoms with Crippen LogP contribution in [0.5, 0.6) is 0 Å². The van der Waals surface area contributed by atoms with Gasteiger partial charge in [0.1, 0.15) is 0 Å². The second-order valence-corrected chi connectivity index (χ2v) is 3.99. The van der Waals surface area contributed by atoms with E-state index in [1.807, 2.05) is 38.4 Å². The molecule has 1 aromatic carbocycles. The fourth-order valence-corrected chi connectivity index (χ4v) is 1.30. The minimum Gasteiger partial charge on any atom is -0.384 e. The van der Waals surface area contributed by atoms with Crippen LogP contribution in [0.15, 0.2) is 24.3 Å². The third-order valence-electron chi connectivity index (χ3n) is 2.09. The summed E-state index contributed by atoms with van der Waals surface area (Å²) in [6.07, 6.45) is 0. The van der Waals surface area contributed by atoms with Crippen LogP contribution in [0.4, 0.5) is 11.4 Å². The van der Waals surface area contributed by atoms with Crippen molar-refractivity contribution in [3.63, 3.8) is 0 Å². The number of hydrogen-bond donors (Lipinski definition) is 2. The van der Waals surface area contributed by atoms with Gasteiger partial charge in [0.2, 0.25) is 5.91 Å². The van der Waals surface area contributed by atoms with Crippen molar-refractivity contribution in [3.8, 4) is 0 Å². The fraction of sp³-hybridized carbons (Fsp3) is 0.417. The van der Waals surface area contributed by atoms with Gasteiger partial charge in [0.15, 0.2) is 0 Å². The largest absolute Gasteiger partial charge is 0.384 e. The van der Waals surface area contributed by atoms with E-state index in [0.29, 0.717) is 0 Å². The summed E-state index contributed by atoms with van der Waals surface area (Å²) in [6, 6.07) is 7.70. The van der Waals surface area contributed by atoms with Crippen molar-refractivity contribution < 1.29 is 4.79 Å². The molecule has 1 aromatic rings. The van der Waals surface area contributed by atoms with Gasteiger partial charge in [0.25, 0.3) is 0 Å². The first-order valence-electron chi connectivity index (χ1n) is 5.34. The van der Waals surface area contributed by atoms with E-state index in [0.717, 1.165) is 24.5 Å². The molecule has 1 amide bonds. The Morgan fingerprint density at radius 2 is 1.75 bits per heavy atom. The van der Waals surface area contributed by atoms with Crippen LogP contribution < -0.4 is 10.6 Å². The third-order valence-corrected chi connectivity index (χ3v) is 2.09. The van der Waals surface area contributed by atoms with E-state index in [-0.39, 0.29) is 5.91 Å². The van der Waals surface area contributed by atoms with Crippen molar-refractivity contribution in [2.45, 2.75) is 6.92 Å². The number of rotatable bonds is 5. The van der Waals surface area contributed by atoms with Crippen molar-refractivity contribution >= 4 is 17.3 Å². The van der Waals surface area contributed by atoms with Gasteiger partial charge in [0, 0.05) is 31.4 Å². The van der Waals surface area contributed by atoms with Gasteiger partial charge in [-0.05, 0) is 38.4 Å². The van der Waals surface area contributed by atoms with Gasteiger partial charge in [-0.15, -0.1) is 0 Å². The van der Waals surface area contributed by atoms with Gasteiger partial charge in [0.05, 0.1) is 0 Å². The maximum atomic E-state index is 10.8. The lowest BCUT2D eigenvalue weighted by atomic mass is 10.2. The predicted molar refractivity (Wildman–Crippen MR) is 67.8 cm³/mol. The zero-order valence-electron chi connectivity index (χ0n) is 10.1. The lowest BCUT2D eigenvalue weighted by Gasteiger charge is -2.11. The van der Waals surface area contributed by atoms with Crippen molar-refractivity contribution in [2.24, 2.45) is 0 Å². The standard InChI is InChI=1S/C12H19N3O/c1-10(16)14-12-6-4-11(5-7-12)13-8-9-15(2)3/h4-7,13H,8-9H2,1-3H3,(H,14,16). The smallest absolute Gasteiger partial charge is 0.221 e. The Bertz CT molecular complexity index is 333.